The predicted molar refractivity (Wildman–Crippen MR) is 49.8 cm³/mol. The summed E-state index contributed by atoms with van der Waals surface area (Å²) in [6.45, 7) is 0. The van der Waals surface area contributed by atoms with E-state index in [1.165, 1.54) is 0 Å². The molecule has 0 atom stereocenters. The third kappa shape index (κ3) is 176000. The van der Waals surface area contributed by atoms with Crippen LogP contribution in [0, 0.1) is 0 Å². The average molecular weight is 305 g/mol. The van der Waals surface area contributed by atoms with E-state index in [1.807, 2.05) is 0 Å². The van der Waals surface area contributed by atoms with Crippen molar-refractivity contribution in [1.29, 1.82) is 0 Å². The molecule has 16 heavy (non-hydrogen) atoms. The Morgan fingerprint density at radius 3 is 0.562 bits per heavy atom. The minimum atomic E-state index is -4.67. The fourth-order valence-corrected chi connectivity index (χ4v) is 0. The van der Waals surface area contributed by atoms with E-state index in [0.29, 0.717) is 0 Å². The second-order valence-corrected chi connectivity index (χ2v) is 4.28. The van der Waals surface area contributed by atoms with Gasteiger partial charge in [-0.15, -0.1) is 0 Å². The van der Waals surface area contributed by atoms with Gasteiger partial charge in [0.15, 0.2) is 0 Å². The van der Waals surface area contributed by atoms with Crippen molar-refractivity contribution in [3.05, 3.63) is 0 Å². The molecule has 0 bridgehead atoms. The molecular weight excluding hydrogens is 298 g/mol. The second kappa shape index (κ2) is 9.18. The molecule has 16 heteroatoms. The maximum atomic E-state index is 10.4. The quantitative estimate of drug-likeness (QED) is 0.313. The summed E-state index contributed by atoms with van der Waals surface area (Å²) in [5.74, 6) is 0. The van der Waals surface area contributed by atoms with E-state index >= 15 is 0 Å². The SMILES string of the molecule is NS(=O)(=O)F.NS(=O)(=O)F.NS(=O)(=O)F.[LiH]. The zero-order valence-corrected chi connectivity index (χ0v) is 8.99. The van der Waals surface area contributed by atoms with E-state index < -0.39 is 31.2 Å². The molecule has 0 aromatic rings. The van der Waals surface area contributed by atoms with Gasteiger partial charge in [0.1, 0.15) is 0 Å². The van der Waals surface area contributed by atoms with E-state index in [9.17, 15) is 11.7 Å². The van der Waals surface area contributed by atoms with Crippen molar-refractivity contribution in [2.24, 2.45) is 15.4 Å². The first kappa shape index (κ1) is 25.1. The van der Waals surface area contributed by atoms with E-state index in [1.54, 1.807) is 0 Å². The summed E-state index contributed by atoms with van der Waals surface area (Å²) in [7, 11) is -14.0. The Kier molecular flexibility index (Phi) is 14.4. The first-order valence-corrected chi connectivity index (χ1v) is 6.51. The zero-order chi connectivity index (χ0) is 13.5. The molecule has 0 aromatic carbocycles. The van der Waals surface area contributed by atoms with Gasteiger partial charge in [0, 0.05) is 0 Å². The molecule has 0 heterocycles. The molecule has 0 spiro atoms. The second-order valence-electron chi connectivity index (χ2n) is 1.43. The van der Waals surface area contributed by atoms with Gasteiger partial charge < -0.3 is 0 Å². The van der Waals surface area contributed by atoms with Gasteiger partial charge in [0.2, 0.25) is 0 Å². The van der Waals surface area contributed by atoms with Crippen LogP contribution in [0.2, 0.25) is 0 Å². The monoisotopic (exact) mass is 305 g/mol. The first-order chi connectivity index (χ1) is 6.00. The number of hydrogen-bond donors (Lipinski definition) is 3. The predicted octanol–water partition coefficient (Wildman–Crippen LogP) is -3.17. The third-order valence-corrected chi connectivity index (χ3v) is 0. The average Bonchev–Trinajstić information content (AvgIpc) is 1.41. The molecule has 98 valence electrons. The van der Waals surface area contributed by atoms with E-state index in [4.69, 9.17) is 25.3 Å². The van der Waals surface area contributed by atoms with E-state index in [-0.39, 0.29) is 18.9 Å². The molecule has 0 rings (SSSR count). The van der Waals surface area contributed by atoms with Crippen molar-refractivity contribution in [2.45, 2.75) is 0 Å². The van der Waals surface area contributed by atoms with Crippen molar-refractivity contribution in [3.8, 4) is 0 Å². The van der Waals surface area contributed by atoms with E-state index in [0.717, 1.165) is 0 Å². The normalized spacial score (nSPS) is 10.9. The number of hydrogen-bond acceptors (Lipinski definition) is 6. The Morgan fingerprint density at radius 1 is 0.562 bits per heavy atom. The van der Waals surface area contributed by atoms with Gasteiger partial charge in [-0.1, -0.05) is 11.7 Å². The van der Waals surface area contributed by atoms with E-state index in [2.05, 4.69) is 15.4 Å². The summed E-state index contributed by atoms with van der Waals surface area (Å²) in [4.78, 5) is 0. The summed E-state index contributed by atoms with van der Waals surface area (Å²) in [5.41, 5.74) is 0. The maximum absolute atomic E-state index is 10.4. The van der Waals surface area contributed by atoms with Crippen LogP contribution in [0.3, 0.4) is 0 Å². The summed E-state index contributed by atoms with van der Waals surface area (Å²) in [6.07, 6.45) is 0. The Balaban J connectivity index is -0.0000000655. The molecule has 0 saturated carbocycles. The topological polar surface area (TPSA) is 180 Å². The van der Waals surface area contributed by atoms with Crippen LogP contribution in [-0.2, 0) is 31.2 Å². The van der Waals surface area contributed by atoms with Crippen LogP contribution in [0.15, 0.2) is 0 Å². The Bertz CT molecular complexity index is 355. The molecule has 0 unspecified atom stereocenters. The zero-order valence-electron chi connectivity index (χ0n) is 6.54. The minimum absolute atomic E-state index is 0. The van der Waals surface area contributed by atoms with Crippen molar-refractivity contribution in [3.63, 3.8) is 0 Å². The Labute approximate surface area is 102 Å². The van der Waals surface area contributed by atoms with Crippen molar-refractivity contribution >= 4 is 50.1 Å². The molecule has 9 nitrogen and oxygen atoms in total. The van der Waals surface area contributed by atoms with Crippen LogP contribution in [0.25, 0.3) is 0 Å². The van der Waals surface area contributed by atoms with Crippen molar-refractivity contribution in [1.82, 2.24) is 0 Å². The molecule has 0 fully saturated rings. The van der Waals surface area contributed by atoms with Crippen LogP contribution in [0.4, 0.5) is 11.7 Å². The van der Waals surface area contributed by atoms with Gasteiger partial charge in [0.05, 0.1) is 0 Å². The fraction of sp³-hybridized carbons (Fsp3) is 0. The van der Waals surface area contributed by atoms with Crippen molar-refractivity contribution < 1.29 is 36.9 Å². The molecule has 0 aliphatic heterocycles. The summed E-state index contributed by atoms with van der Waals surface area (Å²) in [5, 5.41) is 11.0. The molecule has 0 saturated heterocycles. The van der Waals surface area contributed by atoms with Gasteiger partial charge in [-0.3, -0.25) is 0 Å². The third-order valence-electron chi connectivity index (χ3n) is 0. The summed E-state index contributed by atoms with van der Waals surface area (Å²) < 4.78 is 83.8. The van der Waals surface area contributed by atoms with Gasteiger partial charge in [-0.05, 0) is 0 Å². The first-order valence-electron chi connectivity index (χ1n) is 2.17. The van der Waals surface area contributed by atoms with Gasteiger partial charge in [-0.2, -0.15) is 25.3 Å². The van der Waals surface area contributed by atoms with Gasteiger partial charge in [-0.25, -0.2) is 15.4 Å². The Morgan fingerprint density at radius 2 is 0.562 bits per heavy atom. The molecule has 0 aromatic heterocycles. The number of nitrogens with two attached hydrogens (primary N) is 3. The van der Waals surface area contributed by atoms with Crippen LogP contribution in [0.5, 0.6) is 0 Å². The number of rotatable bonds is 0. The fourth-order valence-electron chi connectivity index (χ4n) is 0. The van der Waals surface area contributed by atoms with Crippen LogP contribution < -0.4 is 15.4 Å². The van der Waals surface area contributed by atoms with Crippen LogP contribution in [0.1, 0.15) is 0 Å². The summed E-state index contributed by atoms with van der Waals surface area (Å²) >= 11 is 0. The molecule has 0 aliphatic carbocycles. The van der Waals surface area contributed by atoms with Gasteiger partial charge in [0.25, 0.3) is 0 Å². The molecule has 0 aliphatic rings. The molecular formula is H7F3LiN3O6S3. The molecule has 6 N–H and O–H groups in total. The standard InChI is InChI=1S/3FH2NO2S.Li.H/c3*1-5(2,3)4;;/h3*(H2,2,3,4);;. The number of halogens is 3. The van der Waals surface area contributed by atoms with Crippen LogP contribution >= 0.6 is 0 Å². The van der Waals surface area contributed by atoms with Gasteiger partial charge >= 0.3 is 50.1 Å². The summed E-state index contributed by atoms with van der Waals surface area (Å²) in [6, 6.07) is 0. The van der Waals surface area contributed by atoms with Crippen LogP contribution in [-0.4, -0.2) is 44.1 Å². The Hall–Kier alpha value is 0.117. The molecule has 0 radical (unpaired) electrons. The molecule has 0 amide bonds. The van der Waals surface area contributed by atoms with Crippen molar-refractivity contribution in [2.75, 3.05) is 0 Å².